The van der Waals surface area contributed by atoms with Gasteiger partial charge in [-0.3, -0.25) is 9.59 Å². The second-order valence-electron chi connectivity index (χ2n) is 5.75. The average Bonchev–Trinajstić information content (AvgIpc) is 2.96. The van der Waals surface area contributed by atoms with Crippen molar-refractivity contribution in [2.24, 2.45) is 11.8 Å². The fraction of sp³-hybridized carbons (Fsp3) is 0.500. The third kappa shape index (κ3) is 2.73. The summed E-state index contributed by atoms with van der Waals surface area (Å²) in [5, 5.41) is 12.3. The summed E-state index contributed by atoms with van der Waals surface area (Å²) in [6.45, 7) is 0. The SMILES string of the molecule is O=C(O)[C@H]1CC=CC[C@H]1C(=O)NC1CCCc2occc21. The number of nitrogens with one attached hydrogen (secondary N) is 1. The molecule has 1 heterocycles. The van der Waals surface area contributed by atoms with Gasteiger partial charge in [-0.1, -0.05) is 12.2 Å². The zero-order valence-corrected chi connectivity index (χ0v) is 11.7. The van der Waals surface area contributed by atoms with Gasteiger partial charge in [0.2, 0.25) is 5.91 Å². The van der Waals surface area contributed by atoms with Gasteiger partial charge in [0.25, 0.3) is 0 Å². The van der Waals surface area contributed by atoms with Crippen LogP contribution in [0.3, 0.4) is 0 Å². The molecule has 0 aliphatic heterocycles. The van der Waals surface area contributed by atoms with Crippen molar-refractivity contribution in [2.45, 2.75) is 38.1 Å². The minimum atomic E-state index is -0.896. The van der Waals surface area contributed by atoms with E-state index in [1.807, 2.05) is 18.2 Å². The zero-order chi connectivity index (χ0) is 14.8. The summed E-state index contributed by atoms with van der Waals surface area (Å²) in [5.74, 6) is -1.23. The summed E-state index contributed by atoms with van der Waals surface area (Å²) in [6.07, 6.45) is 9.06. The molecule has 3 rings (SSSR count). The molecule has 0 radical (unpaired) electrons. The van der Waals surface area contributed by atoms with Gasteiger partial charge in [-0.25, -0.2) is 0 Å². The van der Waals surface area contributed by atoms with E-state index >= 15 is 0 Å². The van der Waals surface area contributed by atoms with Crippen molar-refractivity contribution < 1.29 is 19.1 Å². The molecule has 2 aliphatic rings. The predicted octanol–water partition coefficient (Wildman–Crippen LogP) is 2.44. The Bertz CT molecular complexity index is 575. The molecule has 0 saturated carbocycles. The summed E-state index contributed by atoms with van der Waals surface area (Å²) in [4.78, 5) is 23.8. The van der Waals surface area contributed by atoms with Gasteiger partial charge in [-0.05, 0) is 31.7 Å². The van der Waals surface area contributed by atoms with Crippen molar-refractivity contribution in [3.63, 3.8) is 0 Å². The Hall–Kier alpha value is -2.04. The number of amides is 1. The van der Waals surface area contributed by atoms with Crippen molar-refractivity contribution >= 4 is 11.9 Å². The quantitative estimate of drug-likeness (QED) is 0.838. The highest BCUT2D eigenvalue weighted by Crippen LogP contribution is 2.32. The number of carboxylic acids is 1. The third-order valence-electron chi connectivity index (χ3n) is 4.45. The molecule has 0 bridgehead atoms. The van der Waals surface area contributed by atoms with Crippen molar-refractivity contribution in [1.29, 1.82) is 0 Å². The maximum absolute atomic E-state index is 12.5. The molecule has 0 fully saturated rings. The first-order valence-corrected chi connectivity index (χ1v) is 7.41. The highest BCUT2D eigenvalue weighted by atomic mass is 16.4. The van der Waals surface area contributed by atoms with Crippen LogP contribution in [-0.4, -0.2) is 17.0 Å². The number of aryl methyl sites for hydroxylation is 1. The van der Waals surface area contributed by atoms with Crippen LogP contribution < -0.4 is 5.32 Å². The molecule has 1 amide bonds. The van der Waals surface area contributed by atoms with E-state index in [0.717, 1.165) is 30.6 Å². The molecule has 21 heavy (non-hydrogen) atoms. The van der Waals surface area contributed by atoms with Crippen LogP contribution in [0.2, 0.25) is 0 Å². The number of hydrogen-bond donors (Lipinski definition) is 2. The normalized spacial score (nSPS) is 27.9. The number of carboxylic acid groups (broad SMARTS) is 1. The van der Waals surface area contributed by atoms with Crippen molar-refractivity contribution in [1.82, 2.24) is 5.32 Å². The Morgan fingerprint density at radius 3 is 2.76 bits per heavy atom. The fourth-order valence-corrected chi connectivity index (χ4v) is 3.29. The van der Waals surface area contributed by atoms with Crippen LogP contribution >= 0.6 is 0 Å². The number of furan rings is 1. The van der Waals surface area contributed by atoms with Crippen molar-refractivity contribution in [3.8, 4) is 0 Å². The van der Waals surface area contributed by atoms with Gasteiger partial charge in [-0.15, -0.1) is 0 Å². The van der Waals surface area contributed by atoms with E-state index in [9.17, 15) is 14.7 Å². The molecular weight excluding hydrogens is 270 g/mol. The number of hydrogen-bond acceptors (Lipinski definition) is 3. The topological polar surface area (TPSA) is 79.5 Å². The van der Waals surface area contributed by atoms with Gasteiger partial charge in [0, 0.05) is 12.0 Å². The van der Waals surface area contributed by atoms with Gasteiger partial charge < -0.3 is 14.8 Å². The van der Waals surface area contributed by atoms with Crippen LogP contribution in [0.1, 0.15) is 43.0 Å². The molecule has 1 unspecified atom stereocenters. The van der Waals surface area contributed by atoms with Gasteiger partial charge in [0.1, 0.15) is 5.76 Å². The van der Waals surface area contributed by atoms with Gasteiger partial charge in [-0.2, -0.15) is 0 Å². The monoisotopic (exact) mass is 289 g/mol. The first-order chi connectivity index (χ1) is 10.2. The minimum Gasteiger partial charge on any atom is -0.481 e. The molecule has 2 aliphatic carbocycles. The highest BCUT2D eigenvalue weighted by molar-refractivity contribution is 5.85. The standard InChI is InChI=1S/C16H19NO4/c18-15(10-4-1-2-5-11(10)16(19)20)17-13-6-3-7-14-12(13)8-9-21-14/h1-2,8-11,13H,3-7H2,(H,17,18)(H,19,20)/t10-,11+,13?/m1/s1. The lowest BCUT2D eigenvalue weighted by molar-refractivity contribution is -0.147. The van der Waals surface area contributed by atoms with E-state index in [2.05, 4.69) is 5.32 Å². The molecule has 5 heteroatoms. The lowest BCUT2D eigenvalue weighted by Crippen LogP contribution is -2.41. The Balaban J connectivity index is 1.72. The predicted molar refractivity (Wildman–Crippen MR) is 75.5 cm³/mol. The van der Waals surface area contributed by atoms with Gasteiger partial charge in [0.15, 0.2) is 0 Å². The summed E-state index contributed by atoms with van der Waals surface area (Å²) in [6, 6.07) is 1.84. The van der Waals surface area contributed by atoms with E-state index in [4.69, 9.17) is 4.42 Å². The Morgan fingerprint density at radius 1 is 1.24 bits per heavy atom. The number of allylic oxidation sites excluding steroid dienone is 2. The summed E-state index contributed by atoms with van der Waals surface area (Å²) in [5.41, 5.74) is 1.04. The van der Waals surface area contributed by atoms with Crippen LogP contribution in [0, 0.1) is 11.8 Å². The third-order valence-corrected chi connectivity index (χ3v) is 4.45. The maximum atomic E-state index is 12.5. The number of aliphatic carboxylic acids is 1. The number of carbonyl (C=O) groups excluding carboxylic acids is 1. The molecular formula is C16H19NO4. The van der Waals surface area contributed by atoms with Crippen molar-refractivity contribution in [2.75, 3.05) is 0 Å². The Morgan fingerprint density at radius 2 is 2.00 bits per heavy atom. The van der Waals surface area contributed by atoms with Crippen molar-refractivity contribution in [3.05, 3.63) is 35.8 Å². The smallest absolute Gasteiger partial charge is 0.307 e. The molecule has 3 atom stereocenters. The van der Waals surface area contributed by atoms with Crippen LogP contribution in [0.4, 0.5) is 0 Å². The van der Waals surface area contributed by atoms with E-state index in [0.29, 0.717) is 12.8 Å². The van der Waals surface area contributed by atoms with Gasteiger partial charge in [0.05, 0.1) is 24.1 Å². The zero-order valence-electron chi connectivity index (χ0n) is 11.7. The number of fused-ring (bicyclic) bond motifs is 1. The van der Waals surface area contributed by atoms with E-state index in [-0.39, 0.29) is 11.9 Å². The summed E-state index contributed by atoms with van der Waals surface area (Å²) >= 11 is 0. The van der Waals surface area contributed by atoms with E-state index in [1.165, 1.54) is 0 Å². The lowest BCUT2D eigenvalue weighted by Gasteiger charge is -2.28. The molecule has 112 valence electrons. The largest absolute Gasteiger partial charge is 0.481 e. The Kier molecular flexibility index (Phi) is 3.82. The molecule has 1 aromatic heterocycles. The van der Waals surface area contributed by atoms with E-state index < -0.39 is 17.8 Å². The van der Waals surface area contributed by atoms with E-state index in [1.54, 1.807) is 6.26 Å². The molecule has 2 N–H and O–H groups in total. The molecule has 1 aromatic rings. The minimum absolute atomic E-state index is 0.0552. The molecule has 5 nitrogen and oxygen atoms in total. The van der Waals surface area contributed by atoms with Crippen LogP contribution in [-0.2, 0) is 16.0 Å². The summed E-state index contributed by atoms with van der Waals surface area (Å²) < 4.78 is 5.42. The number of carbonyl (C=O) groups is 2. The molecule has 0 spiro atoms. The first kappa shape index (κ1) is 13.9. The Labute approximate surface area is 123 Å². The molecule has 0 saturated heterocycles. The second kappa shape index (κ2) is 5.76. The summed E-state index contributed by atoms with van der Waals surface area (Å²) in [7, 11) is 0. The fourth-order valence-electron chi connectivity index (χ4n) is 3.29. The average molecular weight is 289 g/mol. The highest BCUT2D eigenvalue weighted by Gasteiger charge is 2.35. The van der Waals surface area contributed by atoms with Crippen LogP contribution in [0.5, 0.6) is 0 Å². The van der Waals surface area contributed by atoms with Crippen LogP contribution in [0.25, 0.3) is 0 Å². The first-order valence-electron chi connectivity index (χ1n) is 7.41. The molecule has 0 aromatic carbocycles. The second-order valence-corrected chi connectivity index (χ2v) is 5.75. The maximum Gasteiger partial charge on any atom is 0.307 e. The van der Waals surface area contributed by atoms with Crippen LogP contribution in [0.15, 0.2) is 28.9 Å². The van der Waals surface area contributed by atoms with Gasteiger partial charge >= 0.3 is 5.97 Å². The lowest BCUT2D eigenvalue weighted by atomic mass is 9.82. The number of rotatable bonds is 3.